The normalized spacial score (nSPS) is 16.4. The predicted molar refractivity (Wildman–Crippen MR) is 90.9 cm³/mol. The fraction of sp³-hybridized carbons (Fsp3) is 0.316. The highest BCUT2D eigenvalue weighted by atomic mass is 19.1. The van der Waals surface area contributed by atoms with Gasteiger partial charge in [0.15, 0.2) is 0 Å². The van der Waals surface area contributed by atoms with E-state index in [9.17, 15) is 9.18 Å². The van der Waals surface area contributed by atoms with E-state index in [1.807, 2.05) is 39.8 Å². The lowest BCUT2D eigenvalue weighted by atomic mass is 9.77. The summed E-state index contributed by atoms with van der Waals surface area (Å²) in [6.07, 6.45) is 0. The van der Waals surface area contributed by atoms with Crippen LogP contribution in [0.15, 0.2) is 30.3 Å². The molecule has 4 heteroatoms. The van der Waals surface area contributed by atoms with Crippen molar-refractivity contribution in [1.82, 2.24) is 0 Å². The lowest BCUT2D eigenvalue weighted by molar-refractivity contribution is -0.123. The molecule has 1 aliphatic rings. The molecule has 0 saturated heterocycles. The first kappa shape index (κ1) is 15.5. The molecule has 0 saturated carbocycles. The van der Waals surface area contributed by atoms with Crippen molar-refractivity contribution in [2.75, 3.05) is 10.6 Å². The molecule has 3 nitrogen and oxygen atoms in total. The number of rotatable bonds is 1. The van der Waals surface area contributed by atoms with Crippen molar-refractivity contribution >= 4 is 17.3 Å². The van der Waals surface area contributed by atoms with Crippen LogP contribution < -0.4 is 10.6 Å². The molecular formula is C19H21FN2O. The highest BCUT2D eigenvalue weighted by Crippen LogP contribution is 2.38. The van der Waals surface area contributed by atoms with Crippen molar-refractivity contribution in [2.24, 2.45) is 0 Å². The summed E-state index contributed by atoms with van der Waals surface area (Å²) < 4.78 is 13.6. The number of nitrogen functional groups attached to an aromatic ring is 1. The smallest absolute Gasteiger partial charge is 0.237 e. The zero-order chi connectivity index (χ0) is 16.9. The van der Waals surface area contributed by atoms with Gasteiger partial charge in [0, 0.05) is 11.4 Å². The number of nitrogens with zero attached hydrogens (tertiary/aromatic N) is 1. The van der Waals surface area contributed by atoms with Gasteiger partial charge in [0.2, 0.25) is 5.91 Å². The quantitative estimate of drug-likeness (QED) is 0.813. The fourth-order valence-electron chi connectivity index (χ4n) is 3.28. The van der Waals surface area contributed by atoms with Crippen LogP contribution in [0.1, 0.15) is 36.1 Å². The Morgan fingerprint density at radius 2 is 1.74 bits per heavy atom. The third-order valence-electron chi connectivity index (χ3n) is 4.74. The van der Waals surface area contributed by atoms with E-state index in [1.54, 1.807) is 11.0 Å². The average Bonchev–Trinajstić information content (AvgIpc) is 2.49. The third-order valence-corrected chi connectivity index (χ3v) is 4.74. The van der Waals surface area contributed by atoms with Gasteiger partial charge in [-0.15, -0.1) is 0 Å². The van der Waals surface area contributed by atoms with Gasteiger partial charge in [-0.3, -0.25) is 4.79 Å². The Morgan fingerprint density at radius 1 is 1.13 bits per heavy atom. The van der Waals surface area contributed by atoms with E-state index in [1.165, 1.54) is 12.1 Å². The van der Waals surface area contributed by atoms with E-state index >= 15 is 0 Å². The Hall–Kier alpha value is -2.36. The second-order valence-corrected chi connectivity index (χ2v) is 6.81. The molecule has 1 heterocycles. The molecule has 2 aromatic carbocycles. The second-order valence-electron chi connectivity index (χ2n) is 6.81. The van der Waals surface area contributed by atoms with Crippen LogP contribution in [0.2, 0.25) is 0 Å². The first-order valence-electron chi connectivity index (χ1n) is 7.69. The van der Waals surface area contributed by atoms with E-state index < -0.39 is 5.41 Å². The number of hydrogen-bond donors (Lipinski definition) is 1. The SMILES string of the molecule is Cc1cc(N2Cc3ccc(F)cc3C(C)(C)C2=O)cc(C)c1N. The van der Waals surface area contributed by atoms with Gasteiger partial charge in [-0.25, -0.2) is 4.39 Å². The van der Waals surface area contributed by atoms with E-state index in [4.69, 9.17) is 5.73 Å². The molecule has 0 atom stereocenters. The van der Waals surface area contributed by atoms with Crippen LogP contribution in [-0.2, 0) is 16.8 Å². The van der Waals surface area contributed by atoms with Gasteiger partial charge in [0.1, 0.15) is 5.82 Å². The Morgan fingerprint density at radius 3 is 2.35 bits per heavy atom. The molecule has 0 fully saturated rings. The predicted octanol–water partition coefficient (Wildman–Crippen LogP) is 3.85. The average molecular weight is 312 g/mol. The van der Waals surface area contributed by atoms with Crippen LogP contribution in [-0.4, -0.2) is 5.91 Å². The monoisotopic (exact) mass is 312 g/mol. The molecule has 2 N–H and O–H groups in total. The maximum Gasteiger partial charge on any atom is 0.237 e. The van der Waals surface area contributed by atoms with Crippen molar-refractivity contribution in [2.45, 2.75) is 39.7 Å². The van der Waals surface area contributed by atoms with E-state index in [0.717, 1.165) is 33.6 Å². The van der Waals surface area contributed by atoms with Gasteiger partial charge in [0.05, 0.1) is 12.0 Å². The van der Waals surface area contributed by atoms with E-state index in [2.05, 4.69) is 0 Å². The number of carbonyl (C=O) groups excluding carboxylic acids is 1. The summed E-state index contributed by atoms with van der Waals surface area (Å²) in [4.78, 5) is 14.8. The van der Waals surface area contributed by atoms with Crippen LogP contribution in [0.4, 0.5) is 15.8 Å². The summed E-state index contributed by atoms with van der Waals surface area (Å²) in [5.74, 6) is -0.337. The van der Waals surface area contributed by atoms with Crippen LogP contribution in [0.25, 0.3) is 0 Å². The summed E-state index contributed by atoms with van der Waals surface area (Å²) in [5, 5.41) is 0. The minimum absolute atomic E-state index is 0.0285. The number of anilines is 2. The Balaban J connectivity index is 2.13. The van der Waals surface area contributed by atoms with Crippen molar-refractivity contribution in [1.29, 1.82) is 0 Å². The molecule has 23 heavy (non-hydrogen) atoms. The maximum atomic E-state index is 13.6. The zero-order valence-corrected chi connectivity index (χ0v) is 13.9. The standard InChI is InChI=1S/C19H21FN2O/c1-11-7-15(8-12(2)17(11)21)22-10-13-5-6-14(20)9-16(13)19(3,4)18(22)23/h5-9H,10,21H2,1-4H3. The molecule has 2 aromatic rings. The Labute approximate surface area is 135 Å². The minimum Gasteiger partial charge on any atom is -0.398 e. The second kappa shape index (κ2) is 5.08. The molecule has 0 unspecified atom stereocenters. The van der Waals surface area contributed by atoms with Gasteiger partial charge in [0.25, 0.3) is 0 Å². The van der Waals surface area contributed by atoms with E-state index in [0.29, 0.717) is 6.54 Å². The fourth-order valence-corrected chi connectivity index (χ4v) is 3.28. The first-order chi connectivity index (χ1) is 10.7. The first-order valence-corrected chi connectivity index (χ1v) is 7.69. The van der Waals surface area contributed by atoms with Gasteiger partial charge < -0.3 is 10.6 Å². The van der Waals surface area contributed by atoms with Crippen LogP contribution in [0, 0.1) is 19.7 Å². The van der Waals surface area contributed by atoms with Gasteiger partial charge in [-0.2, -0.15) is 0 Å². The van der Waals surface area contributed by atoms with Crippen LogP contribution in [0.5, 0.6) is 0 Å². The summed E-state index contributed by atoms with van der Waals surface area (Å²) in [6.45, 7) is 8.01. The van der Waals surface area contributed by atoms with Gasteiger partial charge in [-0.1, -0.05) is 6.07 Å². The summed E-state index contributed by atoms with van der Waals surface area (Å²) in [5.41, 5.74) is 10.5. The molecular weight excluding hydrogens is 291 g/mol. The maximum absolute atomic E-state index is 13.6. The van der Waals surface area contributed by atoms with Gasteiger partial charge >= 0.3 is 0 Å². The van der Waals surface area contributed by atoms with Crippen molar-refractivity contribution in [3.63, 3.8) is 0 Å². The number of amides is 1. The van der Waals surface area contributed by atoms with E-state index in [-0.39, 0.29) is 11.7 Å². The molecule has 0 radical (unpaired) electrons. The van der Waals surface area contributed by atoms with Crippen molar-refractivity contribution in [3.05, 3.63) is 58.4 Å². The Bertz CT molecular complexity index is 788. The molecule has 1 amide bonds. The number of fused-ring (bicyclic) bond motifs is 1. The van der Waals surface area contributed by atoms with Crippen LogP contribution >= 0.6 is 0 Å². The molecule has 0 bridgehead atoms. The number of carbonyl (C=O) groups is 1. The highest BCUT2D eigenvalue weighted by Gasteiger charge is 2.40. The number of benzene rings is 2. The number of halogens is 1. The molecule has 0 aromatic heterocycles. The molecule has 120 valence electrons. The Kier molecular flexibility index (Phi) is 3.43. The highest BCUT2D eigenvalue weighted by molar-refractivity contribution is 6.02. The van der Waals surface area contributed by atoms with Crippen molar-refractivity contribution in [3.8, 4) is 0 Å². The molecule has 1 aliphatic heterocycles. The zero-order valence-electron chi connectivity index (χ0n) is 13.9. The number of aryl methyl sites for hydroxylation is 2. The molecule has 3 rings (SSSR count). The topological polar surface area (TPSA) is 46.3 Å². The summed E-state index contributed by atoms with van der Waals surface area (Å²) in [6, 6.07) is 8.56. The van der Waals surface area contributed by atoms with Crippen molar-refractivity contribution < 1.29 is 9.18 Å². The minimum atomic E-state index is -0.765. The van der Waals surface area contributed by atoms with Crippen LogP contribution in [0.3, 0.4) is 0 Å². The number of hydrogen-bond acceptors (Lipinski definition) is 2. The lowest BCUT2D eigenvalue weighted by Gasteiger charge is -2.39. The summed E-state index contributed by atoms with van der Waals surface area (Å²) in [7, 11) is 0. The largest absolute Gasteiger partial charge is 0.398 e. The lowest BCUT2D eigenvalue weighted by Crippen LogP contribution is -2.48. The summed E-state index contributed by atoms with van der Waals surface area (Å²) >= 11 is 0. The molecule has 0 aliphatic carbocycles. The molecule has 0 spiro atoms. The number of nitrogens with two attached hydrogens (primary N) is 1. The third kappa shape index (κ3) is 2.38. The van der Waals surface area contributed by atoms with Gasteiger partial charge in [-0.05, 0) is 74.2 Å².